The van der Waals surface area contributed by atoms with Gasteiger partial charge in [-0.2, -0.15) is 23.5 Å². The highest BCUT2D eigenvalue weighted by atomic mass is 19.4. The molecule has 1 saturated heterocycles. The number of benzene rings is 2. The van der Waals surface area contributed by atoms with Gasteiger partial charge in [0, 0.05) is 32.7 Å². The van der Waals surface area contributed by atoms with Crippen LogP contribution in [-0.4, -0.2) is 60.1 Å². The van der Waals surface area contributed by atoms with E-state index in [2.05, 4.69) is 15.7 Å². The molecule has 2 aromatic carbocycles. The molecule has 1 aliphatic rings. The van der Waals surface area contributed by atoms with Gasteiger partial charge in [-0.15, -0.1) is 0 Å². The number of carbonyl (C=O) groups excluding carboxylic acids is 1. The molecule has 200 valence electrons. The number of nitrogens with zero attached hydrogens (tertiary/aromatic N) is 4. The fourth-order valence-corrected chi connectivity index (χ4v) is 4.42. The van der Waals surface area contributed by atoms with E-state index in [0.29, 0.717) is 31.8 Å². The monoisotopic (exact) mass is 534 g/mol. The lowest BCUT2D eigenvalue weighted by Gasteiger charge is -2.21. The van der Waals surface area contributed by atoms with Gasteiger partial charge in [-0.05, 0) is 29.8 Å². The van der Waals surface area contributed by atoms with Crippen molar-refractivity contribution in [2.45, 2.75) is 18.1 Å². The van der Waals surface area contributed by atoms with Gasteiger partial charge in [0.25, 0.3) is 0 Å². The highest BCUT2D eigenvalue weighted by Gasteiger charge is 2.41. The van der Waals surface area contributed by atoms with Crippen molar-refractivity contribution in [3.05, 3.63) is 77.0 Å². The molecule has 8 nitrogen and oxygen atoms in total. The summed E-state index contributed by atoms with van der Waals surface area (Å²) in [7, 11) is 1.53. The van der Waals surface area contributed by atoms with Gasteiger partial charge in [0.15, 0.2) is 23.1 Å². The van der Waals surface area contributed by atoms with Gasteiger partial charge < -0.3 is 10.1 Å². The lowest BCUT2D eigenvalue weighted by molar-refractivity contribution is -0.141. The summed E-state index contributed by atoms with van der Waals surface area (Å²) < 4.78 is 74.3. The molecule has 0 aliphatic carbocycles. The van der Waals surface area contributed by atoms with Gasteiger partial charge in [-0.3, -0.25) is 10.2 Å². The Morgan fingerprint density at radius 1 is 1.16 bits per heavy atom. The molecule has 0 saturated carbocycles. The second-order valence-corrected chi connectivity index (χ2v) is 8.67. The molecule has 2 atom stereocenters. The number of likely N-dealkylation sites (tertiary alicyclic amines) is 1. The minimum atomic E-state index is -4.94. The van der Waals surface area contributed by atoms with Gasteiger partial charge in [0.05, 0.1) is 18.3 Å². The molecule has 1 fully saturated rings. The maximum Gasteiger partial charge on any atom is 0.436 e. The smallest absolute Gasteiger partial charge is 0.383 e. The number of alkyl halides is 3. The minimum Gasteiger partial charge on any atom is -0.383 e. The average molecular weight is 534 g/mol. The van der Waals surface area contributed by atoms with Crippen molar-refractivity contribution in [1.29, 1.82) is 5.26 Å². The first-order valence-corrected chi connectivity index (χ1v) is 11.5. The third kappa shape index (κ3) is 5.76. The maximum absolute atomic E-state index is 14.0. The zero-order valence-electron chi connectivity index (χ0n) is 20.1. The maximum atomic E-state index is 14.0. The van der Waals surface area contributed by atoms with Crippen LogP contribution in [0.15, 0.2) is 48.5 Å². The molecular weight excluding hydrogens is 511 g/mol. The minimum absolute atomic E-state index is 0.195. The zero-order valence-corrected chi connectivity index (χ0v) is 20.1. The Morgan fingerprint density at radius 3 is 2.53 bits per heavy atom. The molecule has 2 heterocycles. The summed E-state index contributed by atoms with van der Waals surface area (Å²) in [6, 6.07) is 11.2. The lowest BCUT2D eigenvalue weighted by atomic mass is 9.94. The number of methoxy groups -OCH3 is 1. The average Bonchev–Trinajstić information content (AvgIpc) is 3.46. The van der Waals surface area contributed by atoms with Crippen LogP contribution in [0.4, 0.5) is 32.6 Å². The Hall–Kier alpha value is -4.02. The summed E-state index contributed by atoms with van der Waals surface area (Å²) >= 11 is 0. The molecule has 2 N–H and O–H groups in total. The zero-order chi connectivity index (χ0) is 27.4. The first-order valence-electron chi connectivity index (χ1n) is 11.5. The van der Waals surface area contributed by atoms with Crippen molar-refractivity contribution >= 4 is 11.8 Å². The van der Waals surface area contributed by atoms with E-state index in [1.54, 1.807) is 18.2 Å². The molecule has 4 rings (SSSR count). The Labute approximate surface area is 214 Å². The van der Waals surface area contributed by atoms with Crippen LogP contribution in [0.5, 0.6) is 0 Å². The van der Waals surface area contributed by atoms with E-state index < -0.39 is 52.9 Å². The third-order valence-electron chi connectivity index (χ3n) is 6.19. The van der Waals surface area contributed by atoms with E-state index in [1.165, 1.54) is 31.4 Å². The van der Waals surface area contributed by atoms with E-state index in [-0.39, 0.29) is 5.69 Å². The number of ether oxygens (including phenoxy) is 1. The van der Waals surface area contributed by atoms with Crippen LogP contribution in [0.1, 0.15) is 22.7 Å². The highest BCUT2D eigenvalue weighted by molar-refractivity contribution is 5.90. The topological polar surface area (TPSA) is 95.2 Å². The van der Waals surface area contributed by atoms with Crippen molar-refractivity contribution in [2.24, 2.45) is 0 Å². The van der Waals surface area contributed by atoms with Gasteiger partial charge in [0.2, 0.25) is 0 Å². The Kier molecular flexibility index (Phi) is 7.94. The van der Waals surface area contributed by atoms with Crippen molar-refractivity contribution in [2.75, 3.05) is 38.7 Å². The summed E-state index contributed by atoms with van der Waals surface area (Å²) in [5.74, 6) is -2.95. The molecule has 2 amide bonds. The first kappa shape index (κ1) is 27.0. The molecule has 38 heavy (non-hydrogen) atoms. The van der Waals surface area contributed by atoms with Gasteiger partial charge >= 0.3 is 12.2 Å². The lowest BCUT2D eigenvalue weighted by Crippen LogP contribution is -2.42. The largest absolute Gasteiger partial charge is 0.436 e. The van der Waals surface area contributed by atoms with Crippen LogP contribution in [0.3, 0.4) is 0 Å². The SMILES string of the molecule is COCCN1C[C@@H](NC(=O)Nc2c(C#N)c(C(F)(F)F)nn2-c2ccccc2)[C@H](c2ccc(F)c(F)c2)C1. The summed E-state index contributed by atoms with van der Waals surface area (Å²) in [6.45, 7) is 1.61. The molecule has 0 bridgehead atoms. The van der Waals surface area contributed by atoms with Crippen molar-refractivity contribution < 1.29 is 31.5 Å². The molecule has 13 heteroatoms. The van der Waals surface area contributed by atoms with Crippen LogP contribution in [0.2, 0.25) is 0 Å². The van der Waals surface area contributed by atoms with Gasteiger partial charge in [-0.25, -0.2) is 18.3 Å². The predicted octanol–water partition coefficient (Wildman–Crippen LogP) is 4.28. The summed E-state index contributed by atoms with van der Waals surface area (Å²) in [5.41, 5.74) is -1.64. The number of halogens is 5. The van der Waals surface area contributed by atoms with Crippen molar-refractivity contribution in [1.82, 2.24) is 20.0 Å². The number of urea groups is 1. The third-order valence-corrected chi connectivity index (χ3v) is 6.19. The number of aromatic nitrogens is 2. The summed E-state index contributed by atoms with van der Waals surface area (Å²) in [4.78, 5) is 15.0. The number of hydrogen-bond acceptors (Lipinski definition) is 5. The number of anilines is 1. The van der Waals surface area contributed by atoms with Crippen molar-refractivity contribution in [3.63, 3.8) is 0 Å². The van der Waals surface area contributed by atoms with Crippen LogP contribution >= 0.6 is 0 Å². The fourth-order valence-electron chi connectivity index (χ4n) is 4.42. The van der Waals surface area contributed by atoms with E-state index in [1.807, 2.05) is 4.90 Å². The summed E-state index contributed by atoms with van der Waals surface area (Å²) in [5, 5.41) is 18.1. The molecule has 1 aliphatic heterocycles. The van der Waals surface area contributed by atoms with Crippen LogP contribution in [-0.2, 0) is 10.9 Å². The summed E-state index contributed by atoms with van der Waals surface area (Å²) in [6.07, 6.45) is -4.94. The van der Waals surface area contributed by atoms with E-state index >= 15 is 0 Å². The predicted molar refractivity (Wildman–Crippen MR) is 127 cm³/mol. The number of carbonyl (C=O) groups is 1. The molecule has 0 radical (unpaired) electrons. The molecule has 3 aromatic rings. The van der Waals surface area contributed by atoms with Gasteiger partial charge in [0.1, 0.15) is 11.6 Å². The van der Waals surface area contributed by atoms with Crippen LogP contribution < -0.4 is 10.6 Å². The highest BCUT2D eigenvalue weighted by Crippen LogP contribution is 2.35. The second kappa shape index (κ2) is 11.2. The second-order valence-electron chi connectivity index (χ2n) is 8.67. The Balaban J connectivity index is 1.63. The quantitative estimate of drug-likeness (QED) is 0.442. The van der Waals surface area contributed by atoms with E-state index in [4.69, 9.17) is 4.74 Å². The number of nitriles is 1. The van der Waals surface area contributed by atoms with E-state index in [9.17, 15) is 32.0 Å². The van der Waals surface area contributed by atoms with Crippen LogP contribution in [0.25, 0.3) is 5.69 Å². The standard InChI is InChI=1S/C25H23F5N6O2/c1-38-10-9-35-13-18(15-7-8-19(26)20(27)11-15)21(14-35)32-24(37)33-23-17(12-31)22(25(28,29)30)34-36(23)16-5-3-2-4-6-16/h2-8,11,18,21H,9-10,13-14H2,1H3,(H2,32,33,37)/t18-,21+/m0/s1. The first-order chi connectivity index (χ1) is 18.1. The van der Waals surface area contributed by atoms with Crippen LogP contribution in [0, 0.1) is 23.0 Å². The number of nitrogens with one attached hydrogen (secondary N) is 2. The molecular formula is C25H23F5N6O2. The fraction of sp³-hybridized carbons (Fsp3) is 0.320. The normalized spacial score (nSPS) is 17.8. The van der Waals surface area contributed by atoms with E-state index in [0.717, 1.165) is 16.8 Å². The molecule has 0 unspecified atom stereocenters. The van der Waals surface area contributed by atoms with Crippen molar-refractivity contribution in [3.8, 4) is 11.8 Å². The molecule has 1 aromatic heterocycles. The Morgan fingerprint density at radius 2 is 1.89 bits per heavy atom. The number of amides is 2. The Bertz CT molecular complexity index is 1340. The number of hydrogen-bond donors (Lipinski definition) is 2. The number of para-hydroxylation sites is 1. The van der Waals surface area contributed by atoms with Gasteiger partial charge in [-0.1, -0.05) is 24.3 Å². The molecule has 0 spiro atoms. The number of rotatable bonds is 7.